The number of benzene rings is 2. The molecule has 0 saturated carbocycles. The number of fused-ring (bicyclic) bond motifs is 1. The number of hydrogen-bond acceptors (Lipinski definition) is 4. The number of amides is 1. The van der Waals surface area contributed by atoms with Crippen molar-refractivity contribution < 1.29 is 4.79 Å². The van der Waals surface area contributed by atoms with Crippen LogP contribution in [0.2, 0.25) is 0 Å². The predicted octanol–water partition coefficient (Wildman–Crippen LogP) is 4.47. The lowest BCUT2D eigenvalue weighted by Crippen LogP contribution is -2.23. The monoisotopic (exact) mass is 419 g/mol. The zero-order valence-electron chi connectivity index (χ0n) is 17.3. The van der Waals surface area contributed by atoms with Gasteiger partial charge in [-0.2, -0.15) is 5.10 Å². The average molecular weight is 419 g/mol. The molecule has 0 aliphatic carbocycles. The number of nitrogens with one attached hydrogen (secondary N) is 1. The molecule has 2 aromatic carbocycles. The van der Waals surface area contributed by atoms with Crippen molar-refractivity contribution in [3.8, 4) is 11.3 Å². The predicted molar refractivity (Wildman–Crippen MR) is 124 cm³/mol. The van der Waals surface area contributed by atoms with E-state index < -0.39 is 0 Å². The number of nitrogens with zero attached hydrogens (tertiary/aromatic N) is 4. The van der Waals surface area contributed by atoms with Gasteiger partial charge in [0.1, 0.15) is 0 Å². The highest BCUT2D eigenvalue weighted by molar-refractivity contribution is 6.06. The Balaban J connectivity index is 1.55. The molecule has 0 spiro atoms. The number of carbonyl (C=O) groups excluding carboxylic acids is 1. The fraction of sp³-hybridized carbons (Fsp3) is 0.0769. The second-order valence-corrected chi connectivity index (χ2v) is 7.49. The summed E-state index contributed by atoms with van der Waals surface area (Å²) in [5.41, 5.74) is 4.97. The number of rotatable bonds is 6. The van der Waals surface area contributed by atoms with Crippen LogP contribution >= 0.6 is 0 Å². The summed E-state index contributed by atoms with van der Waals surface area (Å²) >= 11 is 0. The van der Waals surface area contributed by atoms with E-state index in [1.54, 1.807) is 18.6 Å². The Bertz CT molecular complexity index is 1350. The number of carbonyl (C=O) groups is 1. The van der Waals surface area contributed by atoms with Crippen molar-refractivity contribution in [3.05, 3.63) is 114 Å². The van der Waals surface area contributed by atoms with Gasteiger partial charge in [-0.3, -0.25) is 9.78 Å². The van der Waals surface area contributed by atoms with Crippen LogP contribution in [-0.4, -0.2) is 25.7 Å². The summed E-state index contributed by atoms with van der Waals surface area (Å²) in [4.78, 5) is 22.2. The molecule has 6 nitrogen and oxygen atoms in total. The SMILES string of the molecule is O=C(NCc1cccnc1)c1cc(-c2ccccc2)nc2c1cnn2Cc1ccccc1. The van der Waals surface area contributed by atoms with Gasteiger partial charge in [0.15, 0.2) is 5.65 Å². The topological polar surface area (TPSA) is 72.7 Å². The van der Waals surface area contributed by atoms with Crippen LogP contribution in [0, 0.1) is 0 Å². The van der Waals surface area contributed by atoms with Gasteiger partial charge in [0.05, 0.1) is 29.4 Å². The first-order valence-electron chi connectivity index (χ1n) is 10.4. The number of aromatic nitrogens is 4. The van der Waals surface area contributed by atoms with Crippen molar-refractivity contribution in [3.63, 3.8) is 0 Å². The van der Waals surface area contributed by atoms with E-state index in [4.69, 9.17) is 4.98 Å². The Morgan fingerprint density at radius 3 is 2.38 bits per heavy atom. The van der Waals surface area contributed by atoms with Gasteiger partial charge in [-0.15, -0.1) is 0 Å². The first-order valence-corrected chi connectivity index (χ1v) is 10.4. The highest BCUT2D eigenvalue weighted by Crippen LogP contribution is 2.25. The van der Waals surface area contributed by atoms with Crippen LogP contribution in [0.4, 0.5) is 0 Å². The molecule has 0 saturated heterocycles. The molecule has 0 radical (unpaired) electrons. The maximum absolute atomic E-state index is 13.2. The fourth-order valence-electron chi connectivity index (χ4n) is 3.64. The largest absolute Gasteiger partial charge is 0.348 e. The summed E-state index contributed by atoms with van der Waals surface area (Å²) in [5, 5.41) is 8.28. The van der Waals surface area contributed by atoms with Crippen LogP contribution in [0.25, 0.3) is 22.3 Å². The van der Waals surface area contributed by atoms with Crippen LogP contribution in [0.15, 0.2) is 97.5 Å². The maximum Gasteiger partial charge on any atom is 0.252 e. The van der Waals surface area contributed by atoms with E-state index in [9.17, 15) is 4.79 Å². The Labute approximate surface area is 185 Å². The maximum atomic E-state index is 13.2. The molecule has 1 N–H and O–H groups in total. The molecule has 32 heavy (non-hydrogen) atoms. The minimum atomic E-state index is -0.169. The van der Waals surface area contributed by atoms with E-state index in [1.807, 2.05) is 71.4 Å². The second kappa shape index (κ2) is 8.81. The number of hydrogen-bond donors (Lipinski definition) is 1. The van der Waals surface area contributed by atoms with Gasteiger partial charge in [-0.25, -0.2) is 9.67 Å². The normalized spacial score (nSPS) is 10.9. The zero-order valence-corrected chi connectivity index (χ0v) is 17.3. The van der Waals surface area contributed by atoms with Gasteiger partial charge >= 0.3 is 0 Å². The van der Waals surface area contributed by atoms with Crippen molar-refractivity contribution in [2.24, 2.45) is 0 Å². The van der Waals surface area contributed by atoms with Gasteiger partial charge in [-0.05, 0) is 23.3 Å². The van der Waals surface area contributed by atoms with Crippen LogP contribution < -0.4 is 5.32 Å². The third kappa shape index (κ3) is 4.11. The molecule has 0 fully saturated rings. The molecule has 3 heterocycles. The van der Waals surface area contributed by atoms with Crippen molar-refractivity contribution in [2.75, 3.05) is 0 Å². The quantitative estimate of drug-likeness (QED) is 0.441. The molecular formula is C26H21N5O. The molecular weight excluding hydrogens is 398 g/mol. The molecule has 0 unspecified atom stereocenters. The zero-order chi connectivity index (χ0) is 21.8. The Morgan fingerprint density at radius 2 is 1.62 bits per heavy atom. The van der Waals surface area contributed by atoms with Crippen LogP contribution in [0.1, 0.15) is 21.5 Å². The molecule has 5 rings (SSSR count). The van der Waals surface area contributed by atoms with Crippen LogP contribution in [-0.2, 0) is 13.1 Å². The average Bonchev–Trinajstić information content (AvgIpc) is 3.26. The van der Waals surface area contributed by atoms with Gasteiger partial charge in [0.25, 0.3) is 5.91 Å². The lowest BCUT2D eigenvalue weighted by Gasteiger charge is -2.10. The summed E-state index contributed by atoms with van der Waals surface area (Å²) in [6, 6.07) is 25.6. The van der Waals surface area contributed by atoms with Gasteiger partial charge in [0, 0.05) is 24.5 Å². The highest BCUT2D eigenvalue weighted by atomic mass is 16.1. The van der Waals surface area contributed by atoms with Crippen molar-refractivity contribution >= 4 is 16.9 Å². The van der Waals surface area contributed by atoms with E-state index in [0.717, 1.165) is 27.8 Å². The summed E-state index contributed by atoms with van der Waals surface area (Å²) in [5.74, 6) is -0.169. The third-order valence-corrected chi connectivity index (χ3v) is 5.27. The molecule has 0 bridgehead atoms. The van der Waals surface area contributed by atoms with Crippen molar-refractivity contribution in [1.29, 1.82) is 0 Å². The standard InChI is InChI=1S/C26H21N5O/c32-26(28-16-20-10-7-13-27-15-20)22-14-24(21-11-5-2-6-12-21)30-25-23(22)17-29-31(25)18-19-8-3-1-4-9-19/h1-15,17H,16,18H2,(H,28,32). The molecule has 3 aromatic heterocycles. The molecule has 6 heteroatoms. The van der Waals surface area contributed by atoms with E-state index in [2.05, 4.69) is 27.5 Å². The third-order valence-electron chi connectivity index (χ3n) is 5.27. The lowest BCUT2D eigenvalue weighted by molar-refractivity contribution is 0.0952. The molecule has 0 atom stereocenters. The molecule has 156 valence electrons. The van der Waals surface area contributed by atoms with Crippen LogP contribution in [0.3, 0.4) is 0 Å². The highest BCUT2D eigenvalue weighted by Gasteiger charge is 2.17. The van der Waals surface area contributed by atoms with Crippen molar-refractivity contribution in [2.45, 2.75) is 13.1 Å². The fourth-order valence-corrected chi connectivity index (χ4v) is 3.64. The van der Waals surface area contributed by atoms with Gasteiger partial charge < -0.3 is 5.32 Å². The van der Waals surface area contributed by atoms with Crippen LogP contribution in [0.5, 0.6) is 0 Å². The molecule has 5 aromatic rings. The summed E-state index contributed by atoms with van der Waals surface area (Å²) in [7, 11) is 0. The molecule has 0 aliphatic rings. The first kappa shape index (κ1) is 19.6. The Kier molecular flexibility index (Phi) is 5.41. The lowest BCUT2D eigenvalue weighted by atomic mass is 10.1. The number of pyridine rings is 2. The smallest absolute Gasteiger partial charge is 0.252 e. The molecule has 0 aliphatic heterocycles. The van der Waals surface area contributed by atoms with E-state index in [1.165, 1.54) is 0 Å². The van der Waals surface area contributed by atoms with E-state index in [-0.39, 0.29) is 5.91 Å². The first-order chi connectivity index (χ1) is 15.8. The summed E-state index contributed by atoms with van der Waals surface area (Å²) < 4.78 is 1.84. The second-order valence-electron chi connectivity index (χ2n) is 7.49. The van der Waals surface area contributed by atoms with E-state index >= 15 is 0 Å². The summed E-state index contributed by atoms with van der Waals surface area (Å²) in [6.07, 6.45) is 5.18. The summed E-state index contributed by atoms with van der Waals surface area (Å²) in [6.45, 7) is 0.974. The van der Waals surface area contributed by atoms with E-state index in [0.29, 0.717) is 24.3 Å². The Hall–Kier alpha value is -4.32. The minimum Gasteiger partial charge on any atom is -0.348 e. The minimum absolute atomic E-state index is 0.169. The molecule has 1 amide bonds. The van der Waals surface area contributed by atoms with Gasteiger partial charge in [-0.1, -0.05) is 66.7 Å². The van der Waals surface area contributed by atoms with Crippen molar-refractivity contribution in [1.82, 2.24) is 25.1 Å². The Morgan fingerprint density at radius 1 is 0.875 bits per heavy atom. The van der Waals surface area contributed by atoms with Gasteiger partial charge in [0.2, 0.25) is 0 Å².